The Morgan fingerprint density at radius 1 is 1.83 bits per heavy atom. The summed E-state index contributed by atoms with van der Waals surface area (Å²) in [5.41, 5.74) is 0.525. The third-order valence-electron chi connectivity index (χ3n) is 1.54. The van der Waals surface area contributed by atoms with Gasteiger partial charge in [0, 0.05) is 18.8 Å². The Morgan fingerprint density at radius 3 is 2.75 bits per heavy atom. The van der Waals surface area contributed by atoms with Crippen LogP contribution in [0, 0.1) is 6.92 Å². The van der Waals surface area contributed by atoms with Gasteiger partial charge in [-0.3, -0.25) is 4.68 Å². The number of aliphatic carboxylic acids is 1. The van der Waals surface area contributed by atoms with Crippen LogP contribution in [-0.2, 0) is 11.8 Å². The molecule has 1 N–H and O–H groups in total. The highest BCUT2D eigenvalue weighted by Crippen LogP contribution is 2.19. The van der Waals surface area contributed by atoms with Gasteiger partial charge >= 0.3 is 5.97 Å². The van der Waals surface area contributed by atoms with Crippen LogP contribution in [0.2, 0.25) is 0 Å². The molecule has 1 heterocycles. The van der Waals surface area contributed by atoms with Gasteiger partial charge in [-0.05, 0) is 6.92 Å². The van der Waals surface area contributed by atoms with Crippen molar-refractivity contribution < 1.29 is 14.3 Å². The number of rotatable bonds is 2. The van der Waals surface area contributed by atoms with Crippen LogP contribution in [0.4, 0.5) is 4.39 Å². The van der Waals surface area contributed by atoms with Gasteiger partial charge in [0.2, 0.25) is 6.17 Å². The van der Waals surface area contributed by atoms with Crippen LogP contribution in [0.5, 0.6) is 0 Å². The smallest absolute Gasteiger partial charge is 0.343 e. The molecule has 5 heteroatoms. The number of nitrogens with zero attached hydrogens (tertiary/aromatic N) is 2. The first kappa shape index (κ1) is 8.70. The lowest BCUT2D eigenvalue weighted by molar-refractivity contribution is -0.143. The lowest BCUT2D eigenvalue weighted by Gasteiger charge is -1.98. The first-order valence-corrected chi connectivity index (χ1v) is 3.39. The van der Waals surface area contributed by atoms with Gasteiger partial charge in [-0.2, -0.15) is 5.10 Å². The van der Waals surface area contributed by atoms with E-state index in [0.29, 0.717) is 5.69 Å². The van der Waals surface area contributed by atoms with Crippen molar-refractivity contribution in [1.29, 1.82) is 0 Å². The van der Waals surface area contributed by atoms with Gasteiger partial charge < -0.3 is 5.11 Å². The van der Waals surface area contributed by atoms with E-state index in [1.165, 1.54) is 10.9 Å². The summed E-state index contributed by atoms with van der Waals surface area (Å²) in [6, 6.07) is 0. The minimum Gasteiger partial charge on any atom is -0.479 e. The van der Waals surface area contributed by atoms with E-state index in [1.54, 1.807) is 14.0 Å². The summed E-state index contributed by atoms with van der Waals surface area (Å²) in [5.74, 6) is -1.48. The van der Waals surface area contributed by atoms with E-state index < -0.39 is 12.1 Å². The van der Waals surface area contributed by atoms with Crippen molar-refractivity contribution in [3.05, 3.63) is 17.5 Å². The van der Waals surface area contributed by atoms with E-state index in [1.807, 2.05) is 0 Å². The molecule has 0 amide bonds. The quantitative estimate of drug-likeness (QED) is 0.718. The highest BCUT2D eigenvalue weighted by Gasteiger charge is 2.22. The van der Waals surface area contributed by atoms with Gasteiger partial charge in [0.1, 0.15) is 0 Å². The van der Waals surface area contributed by atoms with Crippen LogP contribution >= 0.6 is 0 Å². The summed E-state index contributed by atoms with van der Waals surface area (Å²) < 4.78 is 14.3. The summed E-state index contributed by atoms with van der Waals surface area (Å²) in [4.78, 5) is 10.2. The Bertz CT molecular complexity index is 308. The number of hydrogen-bond donors (Lipinski definition) is 1. The molecule has 0 aliphatic rings. The Kier molecular flexibility index (Phi) is 2.12. The molecule has 0 aromatic carbocycles. The molecule has 0 fully saturated rings. The number of halogens is 1. The molecule has 0 saturated heterocycles. The monoisotopic (exact) mass is 172 g/mol. The minimum absolute atomic E-state index is 0.116. The number of hydrogen-bond acceptors (Lipinski definition) is 2. The fraction of sp³-hybridized carbons (Fsp3) is 0.429. The Labute approximate surface area is 68.6 Å². The zero-order valence-corrected chi connectivity index (χ0v) is 6.78. The summed E-state index contributed by atoms with van der Waals surface area (Å²) >= 11 is 0. The average molecular weight is 172 g/mol. The molecular weight excluding hydrogens is 163 g/mol. The van der Waals surface area contributed by atoms with Crippen LogP contribution in [0.3, 0.4) is 0 Å². The van der Waals surface area contributed by atoms with Crippen LogP contribution in [0.25, 0.3) is 0 Å². The first-order valence-electron chi connectivity index (χ1n) is 3.39. The molecule has 1 unspecified atom stereocenters. The molecule has 0 saturated carbocycles. The van der Waals surface area contributed by atoms with E-state index in [-0.39, 0.29) is 5.56 Å². The van der Waals surface area contributed by atoms with Gasteiger partial charge in [0.05, 0.1) is 5.69 Å². The average Bonchev–Trinajstić information content (AvgIpc) is 2.28. The molecule has 0 aliphatic heterocycles. The van der Waals surface area contributed by atoms with Crippen molar-refractivity contribution in [2.75, 3.05) is 0 Å². The van der Waals surface area contributed by atoms with Gasteiger partial charge in [-0.25, -0.2) is 9.18 Å². The van der Waals surface area contributed by atoms with Crippen LogP contribution < -0.4 is 0 Å². The number of aryl methyl sites for hydroxylation is 2. The summed E-state index contributed by atoms with van der Waals surface area (Å²) in [7, 11) is 1.62. The lowest BCUT2D eigenvalue weighted by Crippen LogP contribution is -2.06. The van der Waals surface area contributed by atoms with Gasteiger partial charge in [0.25, 0.3) is 0 Å². The van der Waals surface area contributed by atoms with E-state index in [4.69, 9.17) is 5.11 Å². The molecule has 0 aliphatic carbocycles. The standard InChI is InChI=1S/C7H9FN2O2/c1-4-5(3-10(2)9-4)6(8)7(11)12/h3,6H,1-2H3,(H,11,12). The molecule has 0 spiro atoms. The predicted octanol–water partition coefficient (Wildman–Crippen LogP) is 0.824. The van der Waals surface area contributed by atoms with Crippen molar-refractivity contribution in [1.82, 2.24) is 9.78 Å². The fourth-order valence-corrected chi connectivity index (χ4v) is 1.000. The van der Waals surface area contributed by atoms with E-state index in [9.17, 15) is 9.18 Å². The molecule has 66 valence electrons. The van der Waals surface area contributed by atoms with Crippen molar-refractivity contribution >= 4 is 5.97 Å². The SMILES string of the molecule is Cc1nn(C)cc1C(F)C(=O)O. The molecule has 0 bridgehead atoms. The summed E-state index contributed by atoms with van der Waals surface area (Å²) in [6.07, 6.45) is -0.604. The number of aromatic nitrogens is 2. The zero-order chi connectivity index (χ0) is 9.30. The van der Waals surface area contributed by atoms with E-state index in [2.05, 4.69) is 5.10 Å². The number of carboxylic acids is 1. The molecule has 12 heavy (non-hydrogen) atoms. The lowest BCUT2D eigenvalue weighted by atomic mass is 10.2. The third-order valence-corrected chi connectivity index (χ3v) is 1.54. The molecule has 1 aromatic rings. The maximum atomic E-state index is 12.9. The minimum atomic E-state index is -1.97. The highest BCUT2D eigenvalue weighted by atomic mass is 19.1. The van der Waals surface area contributed by atoms with Gasteiger partial charge in [0.15, 0.2) is 0 Å². The maximum Gasteiger partial charge on any atom is 0.343 e. The van der Waals surface area contributed by atoms with Crippen molar-refractivity contribution in [3.63, 3.8) is 0 Å². The Morgan fingerprint density at radius 2 is 2.42 bits per heavy atom. The molecule has 4 nitrogen and oxygen atoms in total. The van der Waals surface area contributed by atoms with Crippen LogP contribution in [0.15, 0.2) is 6.20 Å². The summed E-state index contributed by atoms with van der Waals surface area (Å²) in [5, 5.41) is 12.2. The van der Waals surface area contributed by atoms with Crippen molar-refractivity contribution in [2.24, 2.45) is 7.05 Å². The topological polar surface area (TPSA) is 55.1 Å². The zero-order valence-electron chi connectivity index (χ0n) is 6.78. The number of carboxylic acid groups (broad SMARTS) is 1. The van der Waals surface area contributed by atoms with Crippen LogP contribution in [-0.4, -0.2) is 20.9 Å². The van der Waals surface area contributed by atoms with E-state index in [0.717, 1.165) is 0 Å². The van der Waals surface area contributed by atoms with Crippen molar-refractivity contribution in [2.45, 2.75) is 13.1 Å². The third kappa shape index (κ3) is 1.44. The second kappa shape index (κ2) is 2.92. The van der Waals surface area contributed by atoms with Crippen LogP contribution in [0.1, 0.15) is 17.4 Å². The van der Waals surface area contributed by atoms with Gasteiger partial charge in [-0.15, -0.1) is 0 Å². The highest BCUT2D eigenvalue weighted by molar-refractivity contribution is 5.74. The molecule has 1 rings (SSSR count). The Hall–Kier alpha value is -1.39. The molecule has 1 atom stereocenters. The molecular formula is C7H9FN2O2. The van der Waals surface area contributed by atoms with Crippen molar-refractivity contribution in [3.8, 4) is 0 Å². The van der Waals surface area contributed by atoms with Gasteiger partial charge in [-0.1, -0.05) is 0 Å². The maximum absolute atomic E-state index is 12.9. The Balaban J connectivity index is 3.02. The first-order chi connectivity index (χ1) is 5.52. The largest absolute Gasteiger partial charge is 0.479 e. The fourth-order valence-electron chi connectivity index (χ4n) is 1.000. The second-order valence-electron chi connectivity index (χ2n) is 2.54. The normalized spacial score (nSPS) is 12.9. The molecule has 0 radical (unpaired) electrons. The predicted molar refractivity (Wildman–Crippen MR) is 39.4 cm³/mol. The summed E-state index contributed by atoms with van der Waals surface area (Å²) in [6.45, 7) is 1.57. The van der Waals surface area contributed by atoms with E-state index >= 15 is 0 Å². The molecule has 1 aromatic heterocycles. The second-order valence-corrected chi connectivity index (χ2v) is 2.54. The number of carbonyl (C=O) groups is 1. The number of alkyl halides is 1.